The first kappa shape index (κ1) is 18.4. The number of hydrogen-bond acceptors (Lipinski definition) is 5. The molecule has 1 aromatic carbocycles. The molecular formula is C19H16ClF2N3OS. The van der Waals surface area contributed by atoms with Crippen LogP contribution in [0, 0.1) is 11.7 Å². The van der Waals surface area contributed by atoms with Crippen molar-refractivity contribution in [3.63, 3.8) is 0 Å². The monoisotopic (exact) mass is 407 g/mol. The van der Waals surface area contributed by atoms with E-state index in [0.717, 1.165) is 0 Å². The summed E-state index contributed by atoms with van der Waals surface area (Å²) in [6.07, 6.45) is 2.68. The molecule has 2 N–H and O–H groups in total. The van der Waals surface area contributed by atoms with Crippen LogP contribution in [0.3, 0.4) is 0 Å². The minimum Gasteiger partial charge on any atom is -0.379 e. The molecule has 0 bridgehead atoms. The van der Waals surface area contributed by atoms with E-state index in [2.05, 4.69) is 9.98 Å². The maximum atomic E-state index is 14.7. The van der Waals surface area contributed by atoms with Crippen LogP contribution >= 0.6 is 23.4 Å². The minimum absolute atomic E-state index is 0.0197. The molecular weight excluding hydrogens is 392 g/mol. The first-order valence-corrected chi connectivity index (χ1v) is 9.69. The second-order valence-electron chi connectivity index (χ2n) is 6.49. The molecule has 0 unspecified atom stereocenters. The number of rotatable bonds is 3. The van der Waals surface area contributed by atoms with Gasteiger partial charge in [0.25, 0.3) is 0 Å². The van der Waals surface area contributed by atoms with Gasteiger partial charge in [0.15, 0.2) is 5.17 Å². The number of nitrogens with two attached hydrogens (primary N) is 1. The zero-order valence-electron chi connectivity index (χ0n) is 14.2. The summed E-state index contributed by atoms with van der Waals surface area (Å²) >= 11 is 7.22. The molecule has 27 heavy (non-hydrogen) atoms. The molecule has 4 rings (SSSR count). The van der Waals surface area contributed by atoms with Crippen molar-refractivity contribution in [2.24, 2.45) is 16.6 Å². The topological polar surface area (TPSA) is 60.5 Å². The Labute approximate surface area is 164 Å². The third kappa shape index (κ3) is 3.47. The predicted octanol–water partition coefficient (Wildman–Crippen LogP) is 4.24. The lowest BCUT2D eigenvalue weighted by Crippen LogP contribution is -2.40. The zero-order valence-corrected chi connectivity index (χ0v) is 15.7. The second-order valence-corrected chi connectivity index (χ2v) is 7.97. The number of pyridine rings is 1. The van der Waals surface area contributed by atoms with E-state index in [9.17, 15) is 8.78 Å². The SMILES string of the molecule is NC1=N[C@@]2(c3cc(/C=C(\F)c4ccc(Cl)cn4)ccc3F)COC[C@H]2CS1. The van der Waals surface area contributed by atoms with Gasteiger partial charge in [-0.3, -0.25) is 4.98 Å². The van der Waals surface area contributed by atoms with Crippen molar-refractivity contribution >= 4 is 40.4 Å². The molecule has 2 aliphatic heterocycles. The van der Waals surface area contributed by atoms with Crippen molar-refractivity contribution in [2.75, 3.05) is 19.0 Å². The molecule has 2 aromatic rings. The fourth-order valence-corrected chi connectivity index (χ4v) is 4.48. The molecule has 0 radical (unpaired) electrons. The Hall–Kier alpha value is -1.96. The normalized spacial score (nSPS) is 25.2. The van der Waals surface area contributed by atoms with Crippen LogP contribution in [0.4, 0.5) is 8.78 Å². The lowest BCUT2D eigenvalue weighted by Gasteiger charge is -2.34. The molecule has 3 heterocycles. The molecule has 2 atom stereocenters. The molecule has 1 fully saturated rings. The maximum Gasteiger partial charge on any atom is 0.154 e. The Morgan fingerprint density at radius 3 is 3.00 bits per heavy atom. The molecule has 0 amide bonds. The predicted molar refractivity (Wildman–Crippen MR) is 105 cm³/mol. The Morgan fingerprint density at radius 1 is 1.37 bits per heavy atom. The number of aromatic nitrogens is 1. The van der Waals surface area contributed by atoms with Crippen LogP contribution in [0.15, 0.2) is 41.5 Å². The van der Waals surface area contributed by atoms with Crippen molar-refractivity contribution in [1.82, 2.24) is 4.98 Å². The molecule has 8 heteroatoms. The van der Waals surface area contributed by atoms with E-state index >= 15 is 0 Å². The molecule has 1 saturated heterocycles. The van der Waals surface area contributed by atoms with Gasteiger partial charge in [0.05, 0.1) is 23.9 Å². The Kier molecular flexibility index (Phi) is 4.92. The summed E-state index contributed by atoms with van der Waals surface area (Å²) in [5.74, 6) is -0.219. The van der Waals surface area contributed by atoms with Crippen molar-refractivity contribution in [2.45, 2.75) is 5.54 Å². The van der Waals surface area contributed by atoms with Gasteiger partial charge in [-0.2, -0.15) is 0 Å². The highest BCUT2D eigenvalue weighted by molar-refractivity contribution is 8.13. The van der Waals surface area contributed by atoms with Gasteiger partial charge in [-0.1, -0.05) is 29.4 Å². The fraction of sp³-hybridized carbons (Fsp3) is 0.263. The summed E-state index contributed by atoms with van der Waals surface area (Å²) in [5, 5.41) is 0.834. The number of fused-ring (bicyclic) bond motifs is 1. The summed E-state index contributed by atoms with van der Waals surface area (Å²) in [6, 6.07) is 7.49. The quantitative estimate of drug-likeness (QED) is 0.826. The number of thioether (sulfide) groups is 1. The van der Waals surface area contributed by atoms with Crippen LogP contribution < -0.4 is 5.73 Å². The van der Waals surface area contributed by atoms with Gasteiger partial charge in [0, 0.05) is 23.4 Å². The van der Waals surface area contributed by atoms with Crippen LogP contribution in [0.1, 0.15) is 16.8 Å². The Balaban J connectivity index is 1.75. The van der Waals surface area contributed by atoms with E-state index in [1.54, 1.807) is 12.1 Å². The number of hydrogen-bond donors (Lipinski definition) is 1. The van der Waals surface area contributed by atoms with Crippen molar-refractivity contribution < 1.29 is 13.5 Å². The standard InChI is InChI=1S/C19H16ClF2N3OS/c20-13-2-4-17(24-7-13)16(22)6-11-1-3-15(21)14(5-11)19-10-26-8-12(19)9-27-18(23)25-19/h1-7,12H,8-10H2,(H2,23,25)/b16-6-/t12-,19-/m0/s1. The van der Waals surface area contributed by atoms with Crippen LogP contribution in [0.2, 0.25) is 5.02 Å². The molecule has 0 saturated carbocycles. The van der Waals surface area contributed by atoms with Crippen molar-refractivity contribution in [1.29, 1.82) is 0 Å². The van der Waals surface area contributed by atoms with E-state index in [-0.39, 0.29) is 18.2 Å². The van der Waals surface area contributed by atoms with Crippen LogP contribution in [0.25, 0.3) is 11.9 Å². The summed E-state index contributed by atoms with van der Waals surface area (Å²) in [7, 11) is 0. The summed E-state index contributed by atoms with van der Waals surface area (Å²) in [5.41, 5.74) is 6.09. The van der Waals surface area contributed by atoms with Crippen molar-refractivity contribution in [3.8, 4) is 0 Å². The molecule has 0 spiro atoms. The van der Waals surface area contributed by atoms with Gasteiger partial charge in [-0.05, 0) is 35.9 Å². The highest BCUT2D eigenvalue weighted by atomic mass is 35.5. The first-order chi connectivity index (χ1) is 13.0. The number of benzene rings is 1. The highest BCUT2D eigenvalue weighted by Crippen LogP contribution is 2.45. The van der Waals surface area contributed by atoms with Crippen LogP contribution in [-0.2, 0) is 10.3 Å². The zero-order chi connectivity index (χ0) is 19.0. The number of ether oxygens (including phenoxy) is 1. The molecule has 1 aromatic heterocycles. The number of amidine groups is 1. The molecule has 2 aliphatic rings. The molecule has 4 nitrogen and oxygen atoms in total. The van der Waals surface area contributed by atoms with E-state index in [4.69, 9.17) is 22.1 Å². The summed E-state index contributed by atoms with van der Waals surface area (Å²) in [6.45, 7) is 0.747. The fourth-order valence-electron chi connectivity index (χ4n) is 3.40. The largest absolute Gasteiger partial charge is 0.379 e. The third-order valence-electron chi connectivity index (χ3n) is 4.78. The molecule has 0 aliphatic carbocycles. The van der Waals surface area contributed by atoms with Crippen molar-refractivity contribution in [3.05, 3.63) is 64.2 Å². The van der Waals surface area contributed by atoms with Gasteiger partial charge in [0.1, 0.15) is 17.2 Å². The third-order valence-corrected chi connectivity index (χ3v) is 5.96. The number of aliphatic imine (C=N–C) groups is 1. The van der Waals surface area contributed by atoms with E-state index < -0.39 is 17.2 Å². The van der Waals surface area contributed by atoms with Crippen LogP contribution in [0.5, 0.6) is 0 Å². The van der Waals surface area contributed by atoms with Gasteiger partial charge in [-0.15, -0.1) is 0 Å². The number of nitrogens with zero attached hydrogens (tertiary/aromatic N) is 2. The summed E-state index contributed by atoms with van der Waals surface area (Å²) in [4.78, 5) is 8.50. The lowest BCUT2D eigenvalue weighted by atomic mass is 9.81. The van der Waals surface area contributed by atoms with Gasteiger partial charge < -0.3 is 10.5 Å². The number of halogens is 3. The van der Waals surface area contributed by atoms with Gasteiger partial charge >= 0.3 is 0 Å². The smallest absolute Gasteiger partial charge is 0.154 e. The average molecular weight is 408 g/mol. The van der Waals surface area contributed by atoms with E-state index in [0.29, 0.717) is 33.7 Å². The van der Waals surface area contributed by atoms with Crippen LogP contribution in [-0.4, -0.2) is 29.1 Å². The molecule has 140 valence electrons. The Bertz CT molecular complexity index is 935. The average Bonchev–Trinajstić information content (AvgIpc) is 3.07. The minimum atomic E-state index is -0.863. The second kappa shape index (κ2) is 7.22. The summed E-state index contributed by atoms with van der Waals surface area (Å²) < 4.78 is 34.8. The Morgan fingerprint density at radius 2 is 2.22 bits per heavy atom. The van der Waals surface area contributed by atoms with E-state index in [1.165, 1.54) is 42.2 Å². The maximum absolute atomic E-state index is 14.7. The van der Waals surface area contributed by atoms with Gasteiger partial charge in [0.2, 0.25) is 0 Å². The highest BCUT2D eigenvalue weighted by Gasteiger charge is 2.49. The van der Waals surface area contributed by atoms with E-state index in [1.807, 2.05) is 0 Å². The lowest BCUT2D eigenvalue weighted by molar-refractivity contribution is 0.176. The van der Waals surface area contributed by atoms with Gasteiger partial charge in [-0.25, -0.2) is 13.8 Å². The first-order valence-electron chi connectivity index (χ1n) is 8.33.